The Bertz CT molecular complexity index is 416. The first-order valence-corrected chi connectivity index (χ1v) is 6.14. The third-order valence-electron chi connectivity index (χ3n) is 2.99. The Kier molecular flexibility index (Phi) is 4.84. The van der Waals surface area contributed by atoms with E-state index in [0.29, 0.717) is 19.5 Å². The molecule has 0 aliphatic rings. The van der Waals surface area contributed by atoms with E-state index in [-0.39, 0.29) is 5.97 Å². The van der Waals surface area contributed by atoms with Crippen molar-refractivity contribution < 1.29 is 9.53 Å². The van der Waals surface area contributed by atoms with Crippen LogP contribution in [-0.2, 0) is 16.1 Å². The predicted octanol–water partition coefficient (Wildman–Crippen LogP) is 0.826. The molecule has 0 radical (unpaired) electrons. The van der Waals surface area contributed by atoms with Crippen LogP contribution in [0.1, 0.15) is 31.9 Å². The lowest BCUT2D eigenvalue weighted by Gasteiger charge is -2.27. The molecule has 0 fully saturated rings. The summed E-state index contributed by atoms with van der Waals surface area (Å²) < 4.78 is 6.66. The molecule has 102 valence electrons. The number of ether oxygens (including phenoxy) is 1. The quantitative estimate of drug-likeness (QED) is 0.761. The van der Waals surface area contributed by atoms with Gasteiger partial charge in [0, 0.05) is 6.54 Å². The predicted molar refractivity (Wildman–Crippen MR) is 68.2 cm³/mol. The van der Waals surface area contributed by atoms with E-state index in [1.807, 2.05) is 32.4 Å². The Balaban J connectivity index is 2.73. The van der Waals surface area contributed by atoms with E-state index < -0.39 is 5.54 Å². The number of esters is 1. The van der Waals surface area contributed by atoms with Gasteiger partial charge in [-0.15, -0.1) is 0 Å². The number of methoxy groups -OCH3 is 1. The summed E-state index contributed by atoms with van der Waals surface area (Å²) in [5, 5.41) is 7.45. The Labute approximate surface area is 108 Å². The highest BCUT2D eigenvalue weighted by Crippen LogP contribution is 2.13. The van der Waals surface area contributed by atoms with E-state index in [1.54, 1.807) is 0 Å². The summed E-state index contributed by atoms with van der Waals surface area (Å²) in [6.45, 7) is 8.91. The first-order valence-electron chi connectivity index (χ1n) is 6.14. The molecule has 0 spiro atoms. The van der Waals surface area contributed by atoms with Crippen LogP contribution < -0.4 is 5.32 Å². The van der Waals surface area contributed by atoms with Gasteiger partial charge in [0.25, 0.3) is 0 Å². The smallest absolute Gasteiger partial charge is 0.325 e. The Morgan fingerprint density at radius 1 is 1.50 bits per heavy atom. The van der Waals surface area contributed by atoms with Crippen molar-refractivity contribution in [1.29, 1.82) is 0 Å². The Morgan fingerprint density at radius 3 is 2.61 bits per heavy atom. The molecule has 0 saturated carbocycles. The minimum atomic E-state index is -0.685. The van der Waals surface area contributed by atoms with E-state index in [1.165, 1.54) is 7.11 Å². The minimum absolute atomic E-state index is 0.251. The van der Waals surface area contributed by atoms with Crippen molar-refractivity contribution >= 4 is 5.97 Å². The van der Waals surface area contributed by atoms with Crippen LogP contribution in [0.4, 0.5) is 0 Å². The average Bonchev–Trinajstić information content (AvgIpc) is 2.64. The van der Waals surface area contributed by atoms with Gasteiger partial charge in [0.15, 0.2) is 0 Å². The number of aryl methyl sites for hydroxylation is 3. The summed E-state index contributed by atoms with van der Waals surface area (Å²) in [7, 11) is 1.41. The summed E-state index contributed by atoms with van der Waals surface area (Å²) >= 11 is 0. The fraction of sp³-hybridized carbons (Fsp3) is 0.750. The molecule has 1 N–H and O–H groups in total. The van der Waals surface area contributed by atoms with Gasteiger partial charge in [0.1, 0.15) is 17.2 Å². The van der Waals surface area contributed by atoms with E-state index in [4.69, 9.17) is 4.74 Å². The lowest BCUT2D eigenvalue weighted by Crippen LogP contribution is -2.50. The summed E-state index contributed by atoms with van der Waals surface area (Å²) in [6, 6.07) is 0. The van der Waals surface area contributed by atoms with Gasteiger partial charge in [0.2, 0.25) is 0 Å². The number of nitrogens with zero attached hydrogens (tertiary/aromatic N) is 3. The number of likely N-dealkylation sites (N-methyl/N-ethyl adjacent to an activating group) is 1. The first kappa shape index (κ1) is 14.6. The highest BCUT2D eigenvalue weighted by molar-refractivity contribution is 5.80. The number of hydrogen-bond acceptors (Lipinski definition) is 5. The van der Waals surface area contributed by atoms with Crippen LogP contribution >= 0.6 is 0 Å². The fourth-order valence-corrected chi connectivity index (χ4v) is 1.98. The molecule has 0 aliphatic heterocycles. The number of nitrogens with one attached hydrogen (secondary N) is 1. The Hall–Kier alpha value is -1.43. The summed E-state index contributed by atoms with van der Waals surface area (Å²) in [6.07, 6.45) is 0.608. The minimum Gasteiger partial charge on any atom is -0.468 e. The second kappa shape index (κ2) is 5.95. The van der Waals surface area contributed by atoms with Gasteiger partial charge in [-0.05, 0) is 33.7 Å². The molecular weight excluding hydrogens is 232 g/mol. The van der Waals surface area contributed by atoms with Gasteiger partial charge in [-0.3, -0.25) is 9.48 Å². The summed E-state index contributed by atoms with van der Waals surface area (Å²) in [5.41, 5.74) is -0.685. The van der Waals surface area contributed by atoms with E-state index in [0.717, 1.165) is 11.6 Å². The molecule has 0 aromatic carbocycles. The largest absolute Gasteiger partial charge is 0.468 e. The maximum atomic E-state index is 11.8. The van der Waals surface area contributed by atoms with Gasteiger partial charge >= 0.3 is 5.97 Å². The molecule has 1 unspecified atom stereocenters. The molecule has 6 heteroatoms. The second-order valence-electron chi connectivity index (χ2n) is 4.53. The maximum Gasteiger partial charge on any atom is 0.325 e. The van der Waals surface area contributed by atoms with Gasteiger partial charge in [-0.25, -0.2) is 4.98 Å². The monoisotopic (exact) mass is 254 g/mol. The second-order valence-corrected chi connectivity index (χ2v) is 4.53. The molecule has 6 nitrogen and oxygen atoms in total. The van der Waals surface area contributed by atoms with Crippen molar-refractivity contribution in [2.75, 3.05) is 13.7 Å². The molecule has 1 heterocycles. The van der Waals surface area contributed by atoms with Crippen molar-refractivity contribution in [1.82, 2.24) is 20.1 Å². The molecule has 0 bridgehead atoms. The van der Waals surface area contributed by atoms with Crippen LogP contribution in [0.15, 0.2) is 0 Å². The third-order valence-corrected chi connectivity index (χ3v) is 2.99. The van der Waals surface area contributed by atoms with Crippen LogP contribution in [0.5, 0.6) is 0 Å². The van der Waals surface area contributed by atoms with Crippen LogP contribution in [-0.4, -0.2) is 39.9 Å². The van der Waals surface area contributed by atoms with Crippen molar-refractivity contribution in [3.05, 3.63) is 11.6 Å². The highest BCUT2D eigenvalue weighted by atomic mass is 16.5. The van der Waals surface area contributed by atoms with Gasteiger partial charge in [-0.1, -0.05) is 6.92 Å². The Morgan fingerprint density at radius 2 is 2.17 bits per heavy atom. The number of carbonyl (C=O) groups excluding carboxylic acids is 1. The summed E-state index contributed by atoms with van der Waals surface area (Å²) in [5.74, 6) is 1.35. The normalized spacial score (nSPS) is 14.3. The zero-order chi connectivity index (χ0) is 13.8. The molecule has 1 aromatic rings. The molecule has 1 aromatic heterocycles. The van der Waals surface area contributed by atoms with E-state index >= 15 is 0 Å². The highest BCUT2D eigenvalue weighted by Gasteiger charge is 2.33. The fourth-order valence-electron chi connectivity index (χ4n) is 1.98. The molecule has 1 atom stereocenters. The van der Waals surface area contributed by atoms with Crippen molar-refractivity contribution in [2.24, 2.45) is 0 Å². The molecule has 0 saturated heterocycles. The number of aromatic nitrogens is 3. The van der Waals surface area contributed by atoms with E-state index in [9.17, 15) is 4.79 Å². The zero-order valence-electron chi connectivity index (χ0n) is 11.8. The van der Waals surface area contributed by atoms with Crippen molar-refractivity contribution in [2.45, 2.75) is 46.2 Å². The molecular formula is C12H22N4O2. The van der Waals surface area contributed by atoms with Crippen LogP contribution in [0.25, 0.3) is 0 Å². The molecule has 0 aliphatic carbocycles. The summed E-state index contributed by atoms with van der Waals surface area (Å²) in [4.78, 5) is 16.0. The van der Waals surface area contributed by atoms with Gasteiger partial charge in [-0.2, -0.15) is 5.10 Å². The topological polar surface area (TPSA) is 69.0 Å². The lowest BCUT2D eigenvalue weighted by molar-refractivity contribution is -0.148. The molecule has 18 heavy (non-hydrogen) atoms. The van der Waals surface area contributed by atoms with Crippen LogP contribution in [0, 0.1) is 13.8 Å². The number of rotatable bonds is 6. The van der Waals surface area contributed by atoms with E-state index in [2.05, 4.69) is 15.4 Å². The molecule has 1 rings (SSSR count). The van der Waals surface area contributed by atoms with Crippen LogP contribution in [0.2, 0.25) is 0 Å². The standard InChI is InChI=1S/C12H22N4O2/c1-6-13-12(4,11(17)18-5)7-8-16-10(3)14-9(2)15-16/h13H,6-8H2,1-5H3. The number of hydrogen-bond donors (Lipinski definition) is 1. The zero-order valence-corrected chi connectivity index (χ0v) is 11.8. The van der Waals surface area contributed by atoms with Gasteiger partial charge < -0.3 is 10.1 Å². The first-order chi connectivity index (χ1) is 8.42. The molecule has 0 amide bonds. The van der Waals surface area contributed by atoms with Crippen molar-refractivity contribution in [3.63, 3.8) is 0 Å². The third kappa shape index (κ3) is 3.29. The van der Waals surface area contributed by atoms with Crippen LogP contribution in [0.3, 0.4) is 0 Å². The average molecular weight is 254 g/mol. The van der Waals surface area contributed by atoms with Crippen molar-refractivity contribution in [3.8, 4) is 0 Å². The number of carbonyl (C=O) groups is 1. The maximum absolute atomic E-state index is 11.8. The SMILES string of the molecule is CCNC(C)(CCn1nc(C)nc1C)C(=O)OC. The van der Waals surface area contributed by atoms with Gasteiger partial charge in [0.05, 0.1) is 7.11 Å². The lowest BCUT2D eigenvalue weighted by atomic mass is 9.98.